The Balaban J connectivity index is 2.20. The number of halogens is 1. The first-order valence-corrected chi connectivity index (χ1v) is 6.09. The van der Waals surface area contributed by atoms with Crippen LogP contribution in [0.3, 0.4) is 0 Å². The second kappa shape index (κ2) is 5.34. The van der Waals surface area contributed by atoms with Crippen LogP contribution in [-0.4, -0.2) is 22.0 Å². The summed E-state index contributed by atoms with van der Waals surface area (Å²) in [5, 5.41) is 3.85. The summed E-state index contributed by atoms with van der Waals surface area (Å²) in [6.45, 7) is 5.07. The monoisotopic (exact) mass is 249 g/mol. The Labute approximate surface area is 106 Å². The van der Waals surface area contributed by atoms with E-state index in [2.05, 4.69) is 30.2 Å². The van der Waals surface area contributed by atoms with Gasteiger partial charge in [0.15, 0.2) is 5.15 Å². The zero-order valence-corrected chi connectivity index (χ0v) is 10.8. The number of hydrogen-bond donors (Lipinski definition) is 1. The van der Waals surface area contributed by atoms with Gasteiger partial charge in [-0.1, -0.05) is 37.6 Å². The molecule has 4 heteroatoms. The van der Waals surface area contributed by atoms with Crippen LogP contribution in [0, 0.1) is 0 Å². The Hall–Kier alpha value is -1.32. The molecule has 0 saturated carbocycles. The molecule has 2 aromatic rings. The quantitative estimate of drug-likeness (QED) is 0.903. The van der Waals surface area contributed by atoms with Crippen molar-refractivity contribution in [2.75, 3.05) is 6.54 Å². The topological polar surface area (TPSA) is 29.3 Å². The fraction of sp³-hybridized carbons (Fsp3) is 0.308. The molecule has 2 aromatic heterocycles. The van der Waals surface area contributed by atoms with Crippen molar-refractivity contribution < 1.29 is 0 Å². The zero-order valence-electron chi connectivity index (χ0n) is 10.0. The summed E-state index contributed by atoms with van der Waals surface area (Å²) in [6, 6.07) is 6.34. The summed E-state index contributed by atoms with van der Waals surface area (Å²) >= 11 is 6.11. The molecular weight excluding hydrogens is 234 g/mol. The van der Waals surface area contributed by atoms with Crippen molar-refractivity contribution in [3.63, 3.8) is 0 Å². The molecule has 0 atom stereocenters. The largest absolute Gasteiger partial charge is 0.311 e. The Morgan fingerprint density at radius 3 is 3.06 bits per heavy atom. The van der Waals surface area contributed by atoms with Crippen LogP contribution in [0.2, 0.25) is 5.15 Å². The maximum atomic E-state index is 6.11. The number of imidazole rings is 1. The van der Waals surface area contributed by atoms with Crippen LogP contribution in [0.25, 0.3) is 11.7 Å². The second-order valence-electron chi connectivity index (χ2n) is 4.18. The van der Waals surface area contributed by atoms with Crippen LogP contribution < -0.4 is 5.32 Å². The van der Waals surface area contributed by atoms with Gasteiger partial charge in [-0.05, 0) is 18.2 Å². The number of pyridine rings is 1. The lowest BCUT2D eigenvalue weighted by atomic mass is 10.3. The van der Waals surface area contributed by atoms with Crippen LogP contribution in [0.1, 0.15) is 19.5 Å². The highest BCUT2D eigenvalue weighted by atomic mass is 35.5. The molecule has 3 nitrogen and oxygen atoms in total. The van der Waals surface area contributed by atoms with E-state index in [-0.39, 0.29) is 0 Å². The van der Waals surface area contributed by atoms with Crippen molar-refractivity contribution in [3.8, 4) is 0 Å². The van der Waals surface area contributed by atoms with Gasteiger partial charge < -0.3 is 5.32 Å². The molecule has 2 heterocycles. The summed E-state index contributed by atoms with van der Waals surface area (Å²) in [5.41, 5.74) is 1.79. The van der Waals surface area contributed by atoms with Crippen molar-refractivity contribution in [1.82, 2.24) is 14.7 Å². The van der Waals surface area contributed by atoms with Crippen LogP contribution >= 0.6 is 11.6 Å². The fourth-order valence-electron chi connectivity index (χ4n) is 1.61. The van der Waals surface area contributed by atoms with Crippen LogP contribution in [0.5, 0.6) is 0 Å². The number of nitrogens with one attached hydrogen (secondary N) is 1. The van der Waals surface area contributed by atoms with Gasteiger partial charge in [0.1, 0.15) is 5.65 Å². The molecule has 0 aliphatic heterocycles. The average molecular weight is 250 g/mol. The number of aromatic nitrogens is 2. The molecule has 0 saturated heterocycles. The van der Waals surface area contributed by atoms with Gasteiger partial charge in [0, 0.05) is 18.8 Å². The minimum atomic E-state index is 0.484. The van der Waals surface area contributed by atoms with Crippen molar-refractivity contribution >= 4 is 23.3 Å². The third-order valence-electron chi connectivity index (χ3n) is 2.44. The number of hydrogen-bond acceptors (Lipinski definition) is 2. The second-order valence-corrected chi connectivity index (χ2v) is 4.54. The first-order chi connectivity index (χ1) is 8.18. The van der Waals surface area contributed by atoms with Crippen molar-refractivity contribution in [3.05, 3.63) is 41.3 Å². The molecule has 0 fully saturated rings. The number of nitrogens with zero attached hydrogens (tertiary/aromatic N) is 2. The normalized spacial score (nSPS) is 12.0. The Morgan fingerprint density at radius 1 is 1.47 bits per heavy atom. The molecule has 17 heavy (non-hydrogen) atoms. The van der Waals surface area contributed by atoms with Crippen LogP contribution in [0.15, 0.2) is 30.5 Å². The standard InChI is InChI=1S/C13H16ClN3/c1-10(2)15-8-5-6-11-13(14)16-12-7-3-4-9-17(11)12/h3-7,9-10,15H,8H2,1-2H3. The van der Waals surface area contributed by atoms with E-state index < -0.39 is 0 Å². The van der Waals surface area contributed by atoms with E-state index in [0.29, 0.717) is 11.2 Å². The summed E-state index contributed by atoms with van der Waals surface area (Å²) in [4.78, 5) is 4.28. The Bertz CT molecular complexity index is 528. The number of rotatable bonds is 4. The predicted molar refractivity (Wildman–Crippen MR) is 72.4 cm³/mol. The van der Waals surface area contributed by atoms with Gasteiger partial charge in [-0.2, -0.15) is 0 Å². The molecular formula is C13H16ClN3. The maximum absolute atomic E-state index is 6.11. The molecule has 0 aliphatic rings. The van der Waals surface area contributed by atoms with Gasteiger partial charge in [-0.25, -0.2) is 4.98 Å². The lowest BCUT2D eigenvalue weighted by molar-refractivity contribution is 0.633. The first kappa shape index (κ1) is 12.1. The van der Waals surface area contributed by atoms with Gasteiger partial charge in [0.2, 0.25) is 0 Å². The average Bonchev–Trinajstić information content (AvgIpc) is 2.60. The van der Waals surface area contributed by atoms with E-state index in [4.69, 9.17) is 11.6 Å². The summed E-state index contributed by atoms with van der Waals surface area (Å²) in [7, 11) is 0. The van der Waals surface area contributed by atoms with Crippen molar-refractivity contribution in [1.29, 1.82) is 0 Å². The molecule has 0 aromatic carbocycles. The van der Waals surface area contributed by atoms with Gasteiger partial charge in [0.25, 0.3) is 0 Å². The van der Waals surface area contributed by atoms with E-state index in [0.717, 1.165) is 17.9 Å². The molecule has 90 valence electrons. The molecule has 0 spiro atoms. The van der Waals surface area contributed by atoms with Crippen molar-refractivity contribution in [2.24, 2.45) is 0 Å². The molecule has 0 radical (unpaired) electrons. The molecule has 0 bridgehead atoms. The molecule has 0 unspecified atom stereocenters. The maximum Gasteiger partial charge on any atom is 0.155 e. The minimum absolute atomic E-state index is 0.484. The van der Waals surface area contributed by atoms with Crippen LogP contribution in [-0.2, 0) is 0 Å². The predicted octanol–water partition coefficient (Wildman–Crippen LogP) is 3.00. The lowest BCUT2D eigenvalue weighted by Crippen LogP contribution is -2.22. The Kier molecular flexibility index (Phi) is 3.82. The summed E-state index contributed by atoms with van der Waals surface area (Å²) in [6.07, 6.45) is 6.02. The Morgan fingerprint density at radius 2 is 2.29 bits per heavy atom. The first-order valence-electron chi connectivity index (χ1n) is 5.71. The summed E-state index contributed by atoms with van der Waals surface area (Å²) in [5.74, 6) is 0. The highest BCUT2D eigenvalue weighted by molar-refractivity contribution is 6.31. The lowest BCUT2D eigenvalue weighted by Gasteiger charge is -2.03. The van der Waals surface area contributed by atoms with Gasteiger partial charge >= 0.3 is 0 Å². The van der Waals surface area contributed by atoms with Crippen LogP contribution in [0.4, 0.5) is 0 Å². The highest BCUT2D eigenvalue weighted by Crippen LogP contribution is 2.18. The molecule has 0 amide bonds. The fourth-order valence-corrected chi connectivity index (χ4v) is 1.85. The van der Waals surface area contributed by atoms with Gasteiger partial charge in [0.05, 0.1) is 5.69 Å². The molecule has 0 aliphatic carbocycles. The third kappa shape index (κ3) is 2.87. The summed E-state index contributed by atoms with van der Waals surface area (Å²) < 4.78 is 1.98. The van der Waals surface area contributed by atoms with E-state index >= 15 is 0 Å². The van der Waals surface area contributed by atoms with E-state index in [1.165, 1.54) is 0 Å². The van der Waals surface area contributed by atoms with Gasteiger partial charge in [-0.15, -0.1) is 0 Å². The highest BCUT2D eigenvalue weighted by Gasteiger charge is 2.05. The van der Waals surface area contributed by atoms with E-state index in [1.807, 2.05) is 34.9 Å². The molecule has 2 rings (SSSR count). The van der Waals surface area contributed by atoms with E-state index in [9.17, 15) is 0 Å². The SMILES string of the molecule is CC(C)NCC=Cc1c(Cl)nc2ccccn12. The zero-order chi connectivity index (χ0) is 12.3. The number of fused-ring (bicyclic) bond motifs is 1. The van der Waals surface area contributed by atoms with Gasteiger partial charge in [-0.3, -0.25) is 4.40 Å². The smallest absolute Gasteiger partial charge is 0.155 e. The van der Waals surface area contributed by atoms with Crippen molar-refractivity contribution in [2.45, 2.75) is 19.9 Å². The van der Waals surface area contributed by atoms with E-state index in [1.54, 1.807) is 0 Å². The molecule has 1 N–H and O–H groups in total. The third-order valence-corrected chi connectivity index (χ3v) is 2.72. The minimum Gasteiger partial charge on any atom is -0.311 e.